The summed E-state index contributed by atoms with van der Waals surface area (Å²) in [4.78, 5) is 4.13. The van der Waals surface area contributed by atoms with Gasteiger partial charge in [-0.2, -0.15) is 5.26 Å². The van der Waals surface area contributed by atoms with Crippen LogP contribution in [-0.4, -0.2) is 35.5 Å². The first-order valence-corrected chi connectivity index (χ1v) is 5.81. The molecule has 1 aromatic heterocycles. The Morgan fingerprint density at radius 2 is 2.28 bits per heavy atom. The van der Waals surface area contributed by atoms with Gasteiger partial charge in [0, 0.05) is 19.4 Å². The third-order valence-corrected chi connectivity index (χ3v) is 3.18. The maximum Gasteiger partial charge on any atom is 0.149 e. The fraction of sp³-hybridized carbons (Fsp3) is 0.500. The predicted octanol–water partition coefficient (Wildman–Crippen LogP) is 0.489. The number of anilines is 2. The minimum Gasteiger partial charge on any atom is -0.396 e. The molecule has 0 saturated carbocycles. The molecular weight excluding hydrogens is 232 g/mol. The van der Waals surface area contributed by atoms with Crippen molar-refractivity contribution in [2.24, 2.45) is 0 Å². The highest BCUT2D eigenvalue weighted by molar-refractivity contribution is 5.64. The molecule has 1 aliphatic rings. The average molecular weight is 248 g/mol. The monoisotopic (exact) mass is 248 g/mol. The third kappa shape index (κ3) is 2.53. The molecule has 2 heterocycles. The summed E-state index contributed by atoms with van der Waals surface area (Å²) in [6.45, 7) is 1.20. The Bertz CT molecular complexity index is 464. The van der Waals surface area contributed by atoms with Crippen molar-refractivity contribution in [2.75, 3.05) is 30.9 Å². The van der Waals surface area contributed by atoms with Crippen molar-refractivity contribution in [3.05, 3.63) is 17.8 Å². The second-order valence-corrected chi connectivity index (χ2v) is 4.45. The molecule has 0 spiro atoms. The molecule has 0 aromatic carbocycles. The van der Waals surface area contributed by atoms with Crippen LogP contribution in [0.1, 0.15) is 18.4 Å². The molecule has 0 aliphatic carbocycles. The van der Waals surface area contributed by atoms with E-state index in [1.54, 1.807) is 6.07 Å². The van der Waals surface area contributed by atoms with Gasteiger partial charge in [-0.3, -0.25) is 0 Å². The van der Waals surface area contributed by atoms with Crippen LogP contribution in [-0.2, 0) is 4.74 Å². The van der Waals surface area contributed by atoms with Crippen LogP contribution in [0.5, 0.6) is 0 Å². The van der Waals surface area contributed by atoms with E-state index in [-0.39, 0.29) is 6.61 Å². The van der Waals surface area contributed by atoms with Gasteiger partial charge in [0.1, 0.15) is 11.9 Å². The van der Waals surface area contributed by atoms with Gasteiger partial charge >= 0.3 is 0 Å². The average Bonchev–Trinajstić information content (AvgIpc) is 2.42. The molecule has 0 unspecified atom stereocenters. The van der Waals surface area contributed by atoms with Crippen LogP contribution < -0.4 is 11.1 Å². The summed E-state index contributed by atoms with van der Waals surface area (Å²) in [5, 5.41) is 21.5. The van der Waals surface area contributed by atoms with Crippen LogP contribution in [0.25, 0.3) is 0 Å². The van der Waals surface area contributed by atoms with Crippen LogP contribution in [0.2, 0.25) is 0 Å². The van der Waals surface area contributed by atoms with E-state index in [1.807, 2.05) is 6.07 Å². The summed E-state index contributed by atoms with van der Waals surface area (Å²) in [6, 6.07) is 3.55. The maximum absolute atomic E-state index is 9.56. The first-order valence-electron chi connectivity index (χ1n) is 5.81. The Morgan fingerprint density at radius 3 is 2.83 bits per heavy atom. The highest BCUT2D eigenvalue weighted by Crippen LogP contribution is 2.27. The van der Waals surface area contributed by atoms with Gasteiger partial charge in [-0.1, -0.05) is 0 Å². The van der Waals surface area contributed by atoms with Crippen LogP contribution in [0.4, 0.5) is 11.5 Å². The number of nitriles is 1. The van der Waals surface area contributed by atoms with Gasteiger partial charge in [0.15, 0.2) is 0 Å². The molecule has 1 saturated heterocycles. The first-order chi connectivity index (χ1) is 8.69. The number of nitrogens with two attached hydrogens (primary N) is 1. The van der Waals surface area contributed by atoms with Crippen molar-refractivity contribution in [3.63, 3.8) is 0 Å². The van der Waals surface area contributed by atoms with E-state index >= 15 is 0 Å². The molecule has 0 radical (unpaired) electrons. The van der Waals surface area contributed by atoms with Crippen molar-refractivity contribution in [3.8, 4) is 6.07 Å². The SMILES string of the molecule is N#Cc1cnc(NC2(CO)CCOCC2)c(N)c1. The minimum atomic E-state index is -0.437. The largest absolute Gasteiger partial charge is 0.396 e. The maximum atomic E-state index is 9.56. The molecule has 18 heavy (non-hydrogen) atoms. The number of rotatable bonds is 3. The van der Waals surface area contributed by atoms with Crippen molar-refractivity contribution in [1.82, 2.24) is 4.98 Å². The van der Waals surface area contributed by atoms with Gasteiger partial charge in [0.2, 0.25) is 0 Å². The van der Waals surface area contributed by atoms with E-state index in [4.69, 9.17) is 15.7 Å². The predicted molar refractivity (Wildman–Crippen MR) is 66.9 cm³/mol. The van der Waals surface area contributed by atoms with Crippen molar-refractivity contribution < 1.29 is 9.84 Å². The van der Waals surface area contributed by atoms with Gasteiger partial charge in [-0.05, 0) is 18.9 Å². The standard InChI is InChI=1S/C12H16N4O2/c13-6-9-5-10(14)11(15-7-9)16-12(8-17)1-3-18-4-2-12/h5,7,17H,1-4,8,14H2,(H,15,16). The molecule has 1 fully saturated rings. The molecule has 0 bridgehead atoms. The van der Waals surface area contributed by atoms with Gasteiger partial charge in [-0.15, -0.1) is 0 Å². The summed E-state index contributed by atoms with van der Waals surface area (Å²) in [7, 11) is 0. The lowest BCUT2D eigenvalue weighted by atomic mass is 9.91. The van der Waals surface area contributed by atoms with E-state index in [0.29, 0.717) is 43.1 Å². The number of nitrogens with zero attached hydrogens (tertiary/aromatic N) is 2. The Morgan fingerprint density at radius 1 is 1.56 bits per heavy atom. The zero-order valence-corrected chi connectivity index (χ0v) is 10.0. The first kappa shape index (κ1) is 12.6. The Hall–Kier alpha value is -1.84. The molecule has 1 aliphatic heterocycles. The number of hydrogen-bond donors (Lipinski definition) is 3. The van der Waals surface area contributed by atoms with Gasteiger partial charge in [-0.25, -0.2) is 4.98 Å². The van der Waals surface area contributed by atoms with E-state index in [9.17, 15) is 5.11 Å². The lowest BCUT2D eigenvalue weighted by molar-refractivity contribution is 0.0379. The summed E-state index contributed by atoms with van der Waals surface area (Å²) >= 11 is 0. The quantitative estimate of drug-likeness (QED) is 0.719. The number of aromatic nitrogens is 1. The highest BCUT2D eigenvalue weighted by Gasteiger charge is 2.32. The van der Waals surface area contributed by atoms with E-state index < -0.39 is 5.54 Å². The van der Waals surface area contributed by atoms with Crippen molar-refractivity contribution >= 4 is 11.5 Å². The van der Waals surface area contributed by atoms with Crippen LogP contribution in [0.15, 0.2) is 12.3 Å². The van der Waals surface area contributed by atoms with E-state index in [0.717, 1.165) is 0 Å². The lowest BCUT2D eigenvalue weighted by Crippen LogP contribution is -2.47. The molecule has 6 heteroatoms. The molecule has 96 valence electrons. The van der Waals surface area contributed by atoms with Gasteiger partial charge in [0.25, 0.3) is 0 Å². The van der Waals surface area contributed by atoms with Gasteiger partial charge < -0.3 is 20.9 Å². The molecule has 2 rings (SSSR count). The van der Waals surface area contributed by atoms with Crippen molar-refractivity contribution in [2.45, 2.75) is 18.4 Å². The number of aliphatic hydroxyl groups is 1. The molecule has 0 atom stereocenters. The molecule has 6 nitrogen and oxygen atoms in total. The Kier molecular flexibility index (Phi) is 3.65. The van der Waals surface area contributed by atoms with Crippen LogP contribution in [0.3, 0.4) is 0 Å². The molecule has 1 aromatic rings. The fourth-order valence-corrected chi connectivity index (χ4v) is 1.98. The van der Waals surface area contributed by atoms with E-state index in [1.165, 1.54) is 6.20 Å². The minimum absolute atomic E-state index is 0.00250. The summed E-state index contributed by atoms with van der Waals surface area (Å²) < 4.78 is 5.29. The molecule has 0 amide bonds. The normalized spacial score (nSPS) is 18.0. The zero-order valence-electron chi connectivity index (χ0n) is 10.0. The smallest absolute Gasteiger partial charge is 0.149 e. The zero-order chi connectivity index (χ0) is 13.0. The Balaban J connectivity index is 2.19. The topological polar surface area (TPSA) is 104 Å². The van der Waals surface area contributed by atoms with E-state index in [2.05, 4.69) is 10.3 Å². The molecule has 4 N–H and O–H groups in total. The second kappa shape index (κ2) is 5.21. The summed E-state index contributed by atoms with van der Waals surface area (Å²) in [5.74, 6) is 0.505. The van der Waals surface area contributed by atoms with Crippen LogP contribution >= 0.6 is 0 Å². The number of aliphatic hydroxyl groups excluding tert-OH is 1. The number of nitrogens with one attached hydrogen (secondary N) is 1. The number of hydrogen-bond acceptors (Lipinski definition) is 6. The fourth-order valence-electron chi connectivity index (χ4n) is 1.98. The number of pyridine rings is 1. The second-order valence-electron chi connectivity index (χ2n) is 4.45. The number of ether oxygens (including phenoxy) is 1. The van der Waals surface area contributed by atoms with Crippen molar-refractivity contribution in [1.29, 1.82) is 5.26 Å². The third-order valence-electron chi connectivity index (χ3n) is 3.18. The molecular formula is C12H16N4O2. The van der Waals surface area contributed by atoms with Crippen LogP contribution in [0, 0.1) is 11.3 Å². The van der Waals surface area contributed by atoms with Gasteiger partial charge in [0.05, 0.1) is 23.4 Å². The lowest BCUT2D eigenvalue weighted by Gasteiger charge is -2.37. The summed E-state index contributed by atoms with van der Waals surface area (Å²) in [5.41, 5.74) is 6.23. The highest BCUT2D eigenvalue weighted by atomic mass is 16.5. The number of nitrogen functional groups attached to an aromatic ring is 1. The Labute approximate surface area is 105 Å². The summed E-state index contributed by atoms with van der Waals surface area (Å²) in [6.07, 6.45) is 2.86.